The van der Waals surface area contributed by atoms with Gasteiger partial charge in [0, 0.05) is 12.5 Å². The van der Waals surface area contributed by atoms with E-state index in [9.17, 15) is 4.79 Å². The van der Waals surface area contributed by atoms with Gasteiger partial charge in [0.1, 0.15) is 5.15 Å². The molecule has 0 aliphatic carbocycles. The molecule has 1 aromatic heterocycles. The molecule has 0 aliphatic rings. The van der Waals surface area contributed by atoms with Gasteiger partial charge in [0.05, 0.1) is 11.9 Å². The lowest BCUT2D eigenvalue weighted by Crippen LogP contribution is -2.38. The van der Waals surface area contributed by atoms with Crippen LogP contribution in [0.2, 0.25) is 5.15 Å². The fourth-order valence-corrected chi connectivity index (χ4v) is 1.45. The average Bonchev–Trinajstić information content (AvgIpc) is 2.22. The molecule has 0 saturated carbocycles. The summed E-state index contributed by atoms with van der Waals surface area (Å²) in [6.45, 7) is 7.88. The van der Waals surface area contributed by atoms with Gasteiger partial charge in [-0.15, -0.1) is 0 Å². The van der Waals surface area contributed by atoms with Crippen molar-refractivity contribution in [2.75, 3.05) is 5.32 Å². The van der Waals surface area contributed by atoms with E-state index in [1.54, 1.807) is 6.07 Å². The Morgan fingerprint density at radius 3 is 2.67 bits per heavy atom. The zero-order valence-electron chi connectivity index (χ0n) is 11.2. The van der Waals surface area contributed by atoms with E-state index in [0.717, 1.165) is 5.56 Å². The minimum atomic E-state index is -0.182. The van der Waals surface area contributed by atoms with Gasteiger partial charge < -0.3 is 11.1 Å². The Labute approximate surface area is 113 Å². The summed E-state index contributed by atoms with van der Waals surface area (Å²) >= 11 is 5.82. The van der Waals surface area contributed by atoms with Gasteiger partial charge in [-0.1, -0.05) is 32.4 Å². The maximum absolute atomic E-state index is 11.8. The maximum Gasteiger partial charge on any atom is 0.225 e. The quantitative estimate of drug-likeness (QED) is 0.829. The van der Waals surface area contributed by atoms with Gasteiger partial charge in [-0.05, 0) is 24.0 Å². The van der Waals surface area contributed by atoms with Crippen LogP contribution in [0.3, 0.4) is 0 Å². The largest absolute Gasteiger partial charge is 0.327 e. The van der Waals surface area contributed by atoms with Crippen LogP contribution in [0.4, 0.5) is 5.69 Å². The van der Waals surface area contributed by atoms with E-state index in [1.807, 2.05) is 27.7 Å². The maximum atomic E-state index is 11.8. The molecule has 0 aromatic carbocycles. The Morgan fingerprint density at radius 1 is 1.56 bits per heavy atom. The Bertz CT molecular complexity index is 440. The number of nitrogens with two attached hydrogens (primary N) is 1. The minimum absolute atomic E-state index is 0.0918. The van der Waals surface area contributed by atoms with Crippen LogP contribution in [0, 0.1) is 12.3 Å². The highest BCUT2D eigenvalue weighted by atomic mass is 35.5. The van der Waals surface area contributed by atoms with E-state index in [-0.39, 0.29) is 23.8 Å². The second-order valence-electron chi connectivity index (χ2n) is 5.56. The molecule has 4 nitrogen and oxygen atoms in total. The first-order valence-corrected chi connectivity index (χ1v) is 6.25. The minimum Gasteiger partial charge on any atom is -0.327 e. The lowest BCUT2D eigenvalue weighted by molar-refractivity contribution is -0.117. The zero-order chi connectivity index (χ0) is 13.9. The topological polar surface area (TPSA) is 68.0 Å². The molecule has 18 heavy (non-hydrogen) atoms. The van der Waals surface area contributed by atoms with E-state index >= 15 is 0 Å². The summed E-state index contributed by atoms with van der Waals surface area (Å²) in [7, 11) is 0. The molecule has 100 valence electrons. The number of hydrogen-bond donors (Lipinski definition) is 2. The normalized spacial score (nSPS) is 13.2. The number of nitrogens with zero attached hydrogens (tertiary/aromatic N) is 1. The SMILES string of the molecule is Cc1cc(NC(=O)CC(N)C(C)(C)C)cnc1Cl. The van der Waals surface area contributed by atoms with Crippen molar-refractivity contribution in [3.63, 3.8) is 0 Å². The fraction of sp³-hybridized carbons (Fsp3) is 0.538. The van der Waals surface area contributed by atoms with E-state index in [1.165, 1.54) is 6.20 Å². The fourth-order valence-electron chi connectivity index (χ4n) is 1.34. The van der Waals surface area contributed by atoms with E-state index in [0.29, 0.717) is 10.8 Å². The summed E-state index contributed by atoms with van der Waals surface area (Å²) in [5, 5.41) is 3.22. The van der Waals surface area contributed by atoms with Crippen LogP contribution < -0.4 is 11.1 Å². The summed E-state index contributed by atoms with van der Waals surface area (Å²) in [6, 6.07) is 1.61. The molecular weight excluding hydrogens is 250 g/mol. The first-order chi connectivity index (χ1) is 8.20. The highest BCUT2D eigenvalue weighted by molar-refractivity contribution is 6.30. The second-order valence-corrected chi connectivity index (χ2v) is 5.91. The lowest BCUT2D eigenvalue weighted by Gasteiger charge is -2.26. The van der Waals surface area contributed by atoms with Crippen molar-refractivity contribution < 1.29 is 4.79 Å². The van der Waals surface area contributed by atoms with Crippen LogP contribution in [-0.2, 0) is 4.79 Å². The zero-order valence-corrected chi connectivity index (χ0v) is 12.0. The molecule has 1 atom stereocenters. The number of anilines is 1. The Hall–Kier alpha value is -1.13. The summed E-state index contributed by atoms with van der Waals surface area (Å²) in [5.74, 6) is -0.110. The standard InChI is InChI=1S/C13H20ClN3O/c1-8-5-9(7-16-12(8)14)17-11(18)6-10(15)13(2,3)4/h5,7,10H,6,15H2,1-4H3,(H,17,18). The van der Waals surface area contributed by atoms with E-state index in [2.05, 4.69) is 10.3 Å². The Balaban J connectivity index is 2.62. The third-order valence-electron chi connectivity index (χ3n) is 2.82. The Morgan fingerprint density at radius 2 is 2.17 bits per heavy atom. The predicted molar refractivity (Wildman–Crippen MR) is 74.7 cm³/mol. The van der Waals surface area contributed by atoms with Crippen molar-refractivity contribution in [1.82, 2.24) is 4.98 Å². The number of aryl methyl sites for hydroxylation is 1. The van der Waals surface area contributed by atoms with Crippen molar-refractivity contribution in [2.45, 2.75) is 40.2 Å². The molecule has 1 heterocycles. The van der Waals surface area contributed by atoms with E-state index < -0.39 is 0 Å². The van der Waals surface area contributed by atoms with Gasteiger partial charge in [0.15, 0.2) is 0 Å². The van der Waals surface area contributed by atoms with Gasteiger partial charge in [0.25, 0.3) is 0 Å². The van der Waals surface area contributed by atoms with Crippen molar-refractivity contribution in [1.29, 1.82) is 0 Å². The van der Waals surface area contributed by atoms with Crippen molar-refractivity contribution in [2.24, 2.45) is 11.1 Å². The number of amides is 1. The van der Waals surface area contributed by atoms with Crippen LogP contribution in [0.15, 0.2) is 12.3 Å². The molecule has 1 amide bonds. The van der Waals surface area contributed by atoms with Crippen LogP contribution in [0.5, 0.6) is 0 Å². The number of rotatable bonds is 3. The highest BCUT2D eigenvalue weighted by Gasteiger charge is 2.23. The van der Waals surface area contributed by atoms with Gasteiger partial charge in [-0.25, -0.2) is 4.98 Å². The van der Waals surface area contributed by atoms with Gasteiger partial charge in [0.2, 0.25) is 5.91 Å². The van der Waals surface area contributed by atoms with Gasteiger partial charge >= 0.3 is 0 Å². The molecule has 3 N–H and O–H groups in total. The number of hydrogen-bond acceptors (Lipinski definition) is 3. The van der Waals surface area contributed by atoms with E-state index in [4.69, 9.17) is 17.3 Å². The van der Waals surface area contributed by atoms with Crippen molar-refractivity contribution in [3.05, 3.63) is 23.0 Å². The molecule has 0 spiro atoms. The molecule has 0 bridgehead atoms. The first kappa shape index (κ1) is 14.9. The smallest absolute Gasteiger partial charge is 0.225 e. The third-order valence-corrected chi connectivity index (χ3v) is 3.21. The molecule has 0 aliphatic heterocycles. The molecule has 5 heteroatoms. The van der Waals surface area contributed by atoms with Crippen LogP contribution in [0.25, 0.3) is 0 Å². The van der Waals surface area contributed by atoms with Gasteiger partial charge in [-0.2, -0.15) is 0 Å². The van der Waals surface area contributed by atoms with Crippen LogP contribution in [-0.4, -0.2) is 16.9 Å². The molecule has 0 radical (unpaired) electrons. The molecule has 1 unspecified atom stereocenters. The van der Waals surface area contributed by atoms with Crippen LogP contribution in [0.1, 0.15) is 32.8 Å². The number of carbonyl (C=O) groups excluding carboxylic acids is 1. The molecule has 0 fully saturated rings. The first-order valence-electron chi connectivity index (χ1n) is 5.87. The number of nitrogens with one attached hydrogen (secondary N) is 1. The Kier molecular flexibility index (Phi) is 4.71. The summed E-state index contributed by atoms with van der Waals surface area (Å²) in [4.78, 5) is 15.8. The second kappa shape index (κ2) is 5.67. The monoisotopic (exact) mass is 269 g/mol. The number of carbonyl (C=O) groups is 1. The molecular formula is C13H20ClN3O. The summed E-state index contributed by atoms with van der Waals surface area (Å²) in [6.07, 6.45) is 1.82. The predicted octanol–water partition coefficient (Wildman–Crippen LogP) is 2.75. The summed E-state index contributed by atoms with van der Waals surface area (Å²) in [5.41, 5.74) is 7.34. The average molecular weight is 270 g/mol. The van der Waals surface area contributed by atoms with Crippen LogP contribution >= 0.6 is 11.6 Å². The van der Waals surface area contributed by atoms with Crippen molar-refractivity contribution >= 4 is 23.2 Å². The highest BCUT2D eigenvalue weighted by Crippen LogP contribution is 2.21. The third kappa shape index (κ3) is 4.27. The molecule has 1 rings (SSSR count). The molecule has 0 saturated heterocycles. The number of pyridine rings is 1. The summed E-state index contributed by atoms with van der Waals surface area (Å²) < 4.78 is 0. The van der Waals surface area contributed by atoms with Gasteiger partial charge in [-0.3, -0.25) is 4.79 Å². The van der Waals surface area contributed by atoms with Crippen molar-refractivity contribution in [3.8, 4) is 0 Å². The lowest BCUT2D eigenvalue weighted by atomic mass is 9.85. The number of aromatic nitrogens is 1. The number of halogens is 1. The molecule has 1 aromatic rings.